The number of carbonyl (C=O) groups excluding carboxylic acids is 1. The largest absolute Gasteiger partial charge is 0.491 e. The molecular weight excluding hydrogens is 555 g/mol. The van der Waals surface area contributed by atoms with Gasteiger partial charge in [0, 0.05) is 22.8 Å². The minimum atomic E-state index is -0.593. The minimum absolute atomic E-state index is 0.242. The Balaban J connectivity index is 0.000000593. The molecule has 1 unspecified atom stereocenters. The Morgan fingerprint density at radius 2 is 1.73 bits per heavy atom. The van der Waals surface area contributed by atoms with E-state index in [2.05, 4.69) is 46.1 Å². The van der Waals surface area contributed by atoms with Gasteiger partial charge in [0.2, 0.25) is 0 Å². The molecule has 8 nitrogen and oxygen atoms in total. The second kappa shape index (κ2) is 16.8. The molecule has 44 heavy (non-hydrogen) atoms. The van der Waals surface area contributed by atoms with Gasteiger partial charge in [0.15, 0.2) is 11.6 Å². The van der Waals surface area contributed by atoms with Crippen LogP contribution in [0.4, 0.5) is 15.9 Å². The Kier molecular flexibility index (Phi) is 12.9. The lowest BCUT2D eigenvalue weighted by atomic mass is 9.99. The SMILES string of the molecule is C=O.CCN(C)CC.CCOc1cc(CC)cc(C(Nc2ccc3c(N)nccc3c2)c2ncc(-c3ccccc3)[nH]2)c1F. The fourth-order valence-electron chi connectivity index (χ4n) is 4.58. The summed E-state index contributed by atoms with van der Waals surface area (Å²) >= 11 is 0. The third-order valence-corrected chi connectivity index (χ3v) is 7.29. The Hall–Kier alpha value is -4.76. The van der Waals surface area contributed by atoms with Crippen LogP contribution in [0.3, 0.4) is 0 Å². The molecule has 0 aliphatic rings. The van der Waals surface area contributed by atoms with Gasteiger partial charge >= 0.3 is 0 Å². The number of aromatic nitrogens is 3. The molecule has 0 aliphatic heterocycles. The van der Waals surface area contributed by atoms with Crippen molar-refractivity contribution in [1.82, 2.24) is 19.9 Å². The first-order chi connectivity index (χ1) is 21.4. The van der Waals surface area contributed by atoms with E-state index in [9.17, 15) is 0 Å². The standard InChI is InChI=1S/C29H28FN5O.C5H13N.CH2O/c1-3-18-14-23(26(30)25(15-18)36-4-2)27(29-33-17-24(35-29)19-8-6-5-7-9-19)34-21-10-11-22-20(16-21)12-13-32-28(22)31;1-4-6(3)5-2;1-2/h5-17,27,34H,3-4H2,1-2H3,(H2,31,32)(H,33,35);4-5H2,1-3H3;1H2. The minimum Gasteiger partial charge on any atom is -0.491 e. The van der Waals surface area contributed by atoms with Gasteiger partial charge in [0.1, 0.15) is 24.5 Å². The molecule has 5 rings (SSSR count). The molecule has 0 saturated heterocycles. The van der Waals surface area contributed by atoms with Crippen molar-refractivity contribution in [1.29, 1.82) is 0 Å². The highest BCUT2D eigenvalue weighted by molar-refractivity contribution is 5.93. The van der Waals surface area contributed by atoms with E-state index in [0.717, 1.165) is 52.8 Å². The number of hydrogen-bond acceptors (Lipinski definition) is 7. The number of nitrogens with two attached hydrogens (primary N) is 1. The summed E-state index contributed by atoms with van der Waals surface area (Å²) in [6.07, 6.45) is 4.20. The maximum atomic E-state index is 15.8. The summed E-state index contributed by atoms with van der Waals surface area (Å²) in [5, 5.41) is 5.30. The van der Waals surface area contributed by atoms with Crippen molar-refractivity contribution in [2.45, 2.75) is 40.2 Å². The van der Waals surface area contributed by atoms with Crippen LogP contribution in [0.2, 0.25) is 0 Å². The maximum Gasteiger partial charge on any atom is 0.170 e. The van der Waals surface area contributed by atoms with E-state index < -0.39 is 11.9 Å². The third kappa shape index (κ3) is 8.41. The number of aromatic amines is 1. The molecule has 0 bridgehead atoms. The van der Waals surface area contributed by atoms with Crippen molar-refractivity contribution in [2.75, 3.05) is 37.8 Å². The Bertz CT molecular complexity index is 1600. The lowest BCUT2D eigenvalue weighted by Gasteiger charge is -2.22. The first-order valence-electron chi connectivity index (χ1n) is 14.8. The third-order valence-electron chi connectivity index (χ3n) is 7.29. The summed E-state index contributed by atoms with van der Waals surface area (Å²) in [4.78, 5) is 22.5. The Morgan fingerprint density at radius 1 is 1.00 bits per heavy atom. The van der Waals surface area contributed by atoms with Gasteiger partial charge < -0.3 is 30.5 Å². The van der Waals surface area contributed by atoms with Crippen LogP contribution in [-0.2, 0) is 11.2 Å². The van der Waals surface area contributed by atoms with E-state index >= 15 is 4.39 Å². The number of ether oxygens (including phenoxy) is 1. The predicted octanol–water partition coefficient (Wildman–Crippen LogP) is 7.28. The van der Waals surface area contributed by atoms with E-state index in [-0.39, 0.29) is 5.75 Å². The zero-order valence-corrected chi connectivity index (χ0v) is 26.2. The smallest absolute Gasteiger partial charge is 0.170 e. The van der Waals surface area contributed by atoms with Crippen molar-refractivity contribution < 1.29 is 13.9 Å². The van der Waals surface area contributed by atoms with Crippen LogP contribution in [0.5, 0.6) is 5.75 Å². The second-order valence-electron chi connectivity index (χ2n) is 10.0. The number of carbonyl (C=O) groups is 1. The highest BCUT2D eigenvalue weighted by Crippen LogP contribution is 2.34. The van der Waals surface area contributed by atoms with Crippen LogP contribution in [-0.4, -0.2) is 53.4 Å². The van der Waals surface area contributed by atoms with Crippen LogP contribution in [0.25, 0.3) is 22.0 Å². The van der Waals surface area contributed by atoms with Crippen LogP contribution >= 0.6 is 0 Å². The van der Waals surface area contributed by atoms with Crippen molar-refractivity contribution in [2.24, 2.45) is 0 Å². The molecule has 3 aromatic carbocycles. The van der Waals surface area contributed by atoms with Gasteiger partial charge in [-0.1, -0.05) is 57.2 Å². The van der Waals surface area contributed by atoms with Gasteiger partial charge in [0.25, 0.3) is 0 Å². The molecular formula is C35H43FN6O2. The topological polar surface area (TPSA) is 109 Å². The number of nitrogens with one attached hydrogen (secondary N) is 2. The number of nitrogens with zero attached hydrogens (tertiary/aromatic N) is 3. The Morgan fingerprint density at radius 3 is 2.36 bits per heavy atom. The van der Waals surface area contributed by atoms with E-state index in [1.54, 1.807) is 18.5 Å². The number of aryl methyl sites for hydroxylation is 1. The predicted molar refractivity (Wildman–Crippen MR) is 179 cm³/mol. The van der Waals surface area contributed by atoms with E-state index in [1.807, 2.05) is 81.3 Å². The average Bonchev–Trinajstić information content (AvgIpc) is 3.56. The molecule has 0 aliphatic carbocycles. The number of halogens is 1. The zero-order valence-electron chi connectivity index (χ0n) is 26.2. The maximum absolute atomic E-state index is 15.8. The van der Waals surface area contributed by atoms with Crippen molar-refractivity contribution in [3.8, 4) is 17.0 Å². The van der Waals surface area contributed by atoms with E-state index in [4.69, 9.17) is 15.3 Å². The number of fused-ring (bicyclic) bond motifs is 1. The summed E-state index contributed by atoms with van der Waals surface area (Å²) in [6.45, 7) is 12.9. The van der Waals surface area contributed by atoms with Crippen LogP contribution in [0.1, 0.15) is 50.7 Å². The lowest BCUT2D eigenvalue weighted by Crippen LogP contribution is -2.17. The molecule has 0 fully saturated rings. The average molecular weight is 599 g/mol. The number of pyridine rings is 1. The molecule has 0 radical (unpaired) electrons. The van der Waals surface area contributed by atoms with Gasteiger partial charge in [-0.2, -0.15) is 0 Å². The number of benzene rings is 3. The van der Waals surface area contributed by atoms with Crippen molar-refractivity contribution in [3.63, 3.8) is 0 Å². The summed E-state index contributed by atoms with van der Waals surface area (Å²) in [6, 6.07) is 20.7. The van der Waals surface area contributed by atoms with Gasteiger partial charge in [-0.05, 0) is 80.3 Å². The molecule has 0 spiro atoms. The van der Waals surface area contributed by atoms with Crippen LogP contribution in [0.15, 0.2) is 79.1 Å². The number of anilines is 2. The molecule has 4 N–H and O–H groups in total. The normalized spacial score (nSPS) is 11.2. The number of nitrogen functional groups attached to an aromatic ring is 1. The fourth-order valence-corrected chi connectivity index (χ4v) is 4.58. The van der Waals surface area contributed by atoms with E-state index in [1.165, 1.54) is 0 Å². The van der Waals surface area contributed by atoms with Gasteiger partial charge in [-0.15, -0.1) is 0 Å². The van der Waals surface area contributed by atoms with Crippen molar-refractivity contribution in [3.05, 3.63) is 102 Å². The monoisotopic (exact) mass is 598 g/mol. The molecule has 2 aromatic heterocycles. The molecule has 1 atom stereocenters. The summed E-state index contributed by atoms with van der Waals surface area (Å²) in [7, 11) is 2.11. The first-order valence-corrected chi connectivity index (χ1v) is 14.8. The molecule has 232 valence electrons. The number of imidazole rings is 1. The summed E-state index contributed by atoms with van der Waals surface area (Å²) in [5.74, 6) is 0.902. The second-order valence-corrected chi connectivity index (χ2v) is 10.0. The molecule has 0 amide bonds. The summed E-state index contributed by atoms with van der Waals surface area (Å²) in [5.41, 5.74) is 10.1. The van der Waals surface area contributed by atoms with Crippen LogP contribution in [0, 0.1) is 5.82 Å². The zero-order chi connectivity index (χ0) is 32.1. The number of hydrogen-bond donors (Lipinski definition) is 3. The molecule has 9 heteroatoms. The fraction of sp³-hybridized carbons (Fsp3) is 0.286. The highest BCUT2D eigenvalue weighted by atomic mass is 19.1. The van der Waals surface area contributed by atoms with Crippen molar-refractivity contribution >= 4 is 29.1 Å². The number of rotatable bonds is 10. The molecule has 2 heterocycles. The molecule has 0 saturated carbocycles. The van der Waals surface area contributed by atoms with Crippen LogP contribution < -0.4 is 15.8 Å². The molecule has 5 aromatic rings. The van der Waals surface area contributed by atoms with Gasteiger partial charge in [-0.25, -0.2) is 14.4 Å². The quantitative estimate of drug-likeness (QED) is 0.155. The lowest BCUT2D eigenvalue weighted by molar-refractivity contribution is -0.0980. The van der Waals surface area contributed by atoms with Gasteiger partial charge in [0.05, 0.1) is 18.5 Å². The number of H-pyrrole nitrogens is 1. The van der Waals surface area contributed by atoms with Gasteiger partial charge in [-0.3, -0.25) is 0 Å². The first kappa shape index (κ1) is 33.7. The summed E-state index contributed by atoms with van der Waals surface area (Å²) < 4.78 is 21.5. The highest BCUT2D eigenvalue weighted by Gasteiger charge is 2.25. The van der Waals surface area contributed by atoms with E-state index in [0.29, 0.717) is 23.8 Å². The Labute approximate surface area is 259 Å².